The van der Waals surface area contributed by atoms with E-state index in [-0.39, 0.29) is 29.6 Å². The Labute approximate surface area is 123 Å². The number of thioether (sulfide) groups is 1. The summed E-state index contributed by atoms with van der Waals surface area (Å²) >= 11 is 1.41. The first-order chi connectivity index (χ1) is 9.45. The topological polar surface area (TPSA) is 89.7 Å². The van der Waals surface area contributed by atoms with Crippen LogP contribution in [0.15, 0.2) is 0 Å². The van der Waals surface area contributed by atoms with E-state index in [1.54, 1.807) is 11.8 Å². The Morgan fingerprint density at radius 1 is 1.45 bits per heavy atom. The average molecular weight is 302 g/mol. The van der Waals surface area contributed by atoms with Gasteiger partial charge in [0.25, 0.3) is 0 Å². The minimum atomic E-state index is -0.338. The van der Waals surface area contributed by atoms with Gasteiger partial charge in [0.2, 0.25) is 11.8 Å². The lowest BCUT2D eigenvalue weighted by atomic mass is 9.97. The van der Waals surface area contributed by atoms with Crippen molar-refractivity contribution in [2.75, 3.05) is 31.7 Å². The first-order valence-electron chi connectivity index (χ1n) is 6.68. The van der Waals surface area contributed by atoms with E-state index in [1.165, 1.54) is 18.9 Å². The standard InChI is InChI=1S/C13H22N2O4S/c1-9(13(18)19-2)7-20-8-11(16)15-5-3-4-10(6-15)12(14)17/h9-10H,3-8H2,1-2H3,(H2,14,17). The van der Waals surface area contributed by atoms with Crippen LogP contribution >= 0.6 is 11.8 Å². The highest BCUT2D eigenvalue weighted by atomic mass is 32.2. The van der Waals surface area contributed by atoms with Crippen LogP contribution in [0, 0.1) is 11.8 Å². The largest absolute Gasteiger partial charge is 0.469 e. The molecule has 2 amide bonds. The lowest BCUT2D eigenvalue weighted by Gasteiger charge is -2.31. The first kappa shape index (κ1) is 16.8. The summed E-state index contributed by atoms with van der Waals surface area (Å²) in [6.45, 7) is 2.87. The van der Waals surface area contributed by atoms with Gasteiger partial charge in [-0.25, -0.2) is 0 Å². The third-order valence-electron chi connectivity index (χ3n) is 3.37. The number of likely N-dealkylation sites (tertiary alicyclic amines) is 1. The summed E-state index contributed by atoms with van der Waals surface area (Å²) < 4.78 is 4.63. The summed E-state index contributed by atoms with van der Waals surface area (Å²) in [5, 5.41) is 0. The van der Waals surface area contributed by atoms with Crippen molar-refractivity contribution >= 4 is 29.5 Å². The fourth-order valence-corrected chi connectivity index (χ4v) is 3.08. The van der Waals surface area contributed by atoms with Crippen molar-refractivity contribution in [3.8, 4) is 0 Å². The molecule has 7 heteroatoms. The number of amides is 2. The molecule has 1 fully saturated rings. The normalized spacial score (nSPS) is 20.3. The fraction of sp³-hybridized carbons (Fsp3) is 0.769. The van der Waals surface area contributed by atoms with Crippen LogP contribution in [-0.2, 0) is 19.1 Å². The quantitative estimate of drug-likeness (QED) is 0.711. The Morgan fingerprint density at radius 3 is 2.75 bits per heavy atom. The maximum absolute atomic E-state index is 12.0. The van der Waals surface area contributed by atoms with Crippen LogP contribution in [0.2, 0.25) is 0 Å². The van der Waals surface area contributed by atoms with Gasteiger partial charge in [-0.1, -0.05) is 6.92 Å². The van der Waals surface area contributed by atoms with Crippen LogP contribution in [0.1, 0.15) is 19.8 Å². The summed E-state index contributed by atoms with van der Waals surface area (Å²) in [4.78, 5) is 36.1. The first-order valence-corrected chi connectivity index (χ1v) is 7.83. The van der Waals surface area contributed by atoms with Crippen molar-refractivity contribution in [1.82, 2.24) is 4.90 Å². The van der Waals surface area contributed by atoms with E-state index in [0.29, 0.717) is 24.6 Å². The molecule has 20 heavy (non-hydrogen) atoms. The second-order valence-electron chi connectivity index (χ2n) is 5.02. The van der Waals surface area contributed by atoms with Crippen molar-refractivity contribution in [2.45, 2.75) is 19.8 Å². The summed E-state index contributed by atoms with van der Waals surface area (Å²) in [6.07, 6.45) is 1.56. The van der Waals surface area contributed by atoms with Crippen LogP contribution in [0.3, 0.4) is 0 Å². The highest BCUT2D eigenvalue weighted by molar-refractivity contribution is 7.99. The zero-order valence-electron chi connectivity index (χ0n) is 12.0. The van der Waals surface area contributed by atoms with Crippen LogP contribution in [0.4, 0.5) is 0 Å². The van der Waals surface area contributed by atoms with Gasteiger partial charge in [0.05, 0.1) is 24.7 Å². The SMILES string of the molecule is COC(=O)C(C)CSCC(=O)N1CCCC(C(N)=O)C1. The van der Waals surface area contributed by atoms with Crippen molar-refractivity contribution in [1.29, 1.82) is 0 Å². The molecule has 1 heterocycles. The van der Waals surface area contributed by atoms with Crippen molar-refractivity contribution in [3.63, 3.8) is 0 Å². The molecular weight excluding hydrogens is 280 g/mol. The summed E-state index contributed by atoms with van der Waals surface area (Å²) in [6, 6.07) is 0. The predicted molar refractivity (Wildman–Crippen MR) is 77.0 cm³/mol. The molecule has 0 bridgehead atoms. The van der Waals surface area contributed by atoms with Crippen LogP contribution in [0.25, 0.3) is 0 Å². The molecule has 0 aliphatic carbocycles. The van der Waals surface area contributed by atoms with E-state index in [0.717, 1.165) is 12.8 Å². The van der Waals surface area contributed by atoms with Gasteiger partial charge in [-0.15, -0.1) is 0 Å². The van der Waals surface area contributed by atoms with Crippen LogP contribution in [-0.4, -0.2) is 54.4 Å². The third kappa shape index (κ3) is 5.03. The van der Waals surface area contributed by atoms with Gasteiger partial charge in [0, 0.05) is 18.8 Å². The molecule has 0 aromatic heterocycles. The number of rotatable bonds is 6. The van der Waals surface area contributed by atoms with E-state index in [9.17, 15) is 14.4 Å². The van der Waals surface area contributed by atoms with E-state index >= 15 is 0 Å². The maximum atomic E-state index is 12.0. The molecule has 2 unspecified atom stereocenters. The zero-order valence-corrected chi connectivity index (χ0v) is 12.8. The molecule has 0 radical (unpaired) electrons. The number of nitrogens with zero attached hydrogens (tertiary/aromatic N) is 1. The van der Waals surface area contributed by atoms with Crippen molar-refractivity contribution in [3.05, 3.63) is 0 Å². The van der Waals surface area contributed by atoms with Crippen molar-refractivity contribution in [2.24, 2.45) is 17.6 Å². The summed E-state index contributed by atoms with van der Waals surface area (Å²) in [5.74, 6) is -0.202. The Hall–Kier alpha value is -1.24. The predicted octanol–water partition coefficient (Wildman–Crippen LogP) is 0.253. The van der Waals surface area contributed by atoms with E-state index in [2.05, 4.69) is 4.74 Å². The molecule has 0 aromatic carbocycles. The van der Waals surface area contributed by atoms with E-state index in [4.69, 9.17) is 5.73 Å². The Bertz CT molecular complexity index is 375. The highest BCUT2D eigenvalue weighted by Gasteiger charge is 2.26. The second-order valence-corrected chi connectivity index (χ2v) is 6.05. The lowest BCUT2D eigenvalue weighted by molar-refractivity contribution is -0.144. The number of nitrogens with two attached hydrogens (primary N) is 1. The van der Waals surface area contributed by atoms with Gasteiger partial charge in [-0.05, 0) is 12.8 Å². The van der Waals surface area contributed by atoms with Crippen LogP contribution < -0.4 is 5.73 Å². The number of hydrogen-bond donors (Lipinski definition) is 1. The molecule has 2 atom stereocenters. The molecule has 1 rings (SSSR count). The van der Waals surface area contributed by atoms with Crippen molar-refractivity contribution < 1.29 is 19.1 Å². The number of primary amides is 1. The number of methoxy groups -OCH3 is 1. The molecule has 2 N–H and O–H groups in total. The number of piperidine rings is 1. The van der Waals surface area contributed by atoms with E-state index in [1.807, 2.05) is 0 Å². The minimum absolute atomic E-state index is 0.00184. The maximum Gasteiger partial charge on any atom is 0.309 e. The zero-order chi connectivity index (χ0) is 15.1. The molecule has 0 saturated carbocycles. The number of carbonyl (C=O) groups excluding carboxylic acids is 3. The average Bonchev–Trinajstić information content (AvgIpc) is 2.46. The van der Waals surface area contributed by atoms with Gasteiger partial charge in [0.15, 0.2) is 0 Å². The number of ether oxygens (including phenoxy) is 1. The minimum Gasteiger partial charge on any atom is -0.469 e. The monoisotopic (exact) mass is 302 g/mol. The summed E-state index contributed by atoms with van der Waals surface area (Å²) in [5.41, 5.74) is 5.28. The third-order valence-corrected chi connectivity index (χ3v) is 4.56. The van der Waals surface area contributed by atoms with Gasteiger partial charge < -0.3 is 15.4 Å². The Morgan fingerprint density at radius 2 is 2.15 bits per heavy atom. The van der Waals surface area contributed by atoms with Gasteiger partial charge >= 0.3 is 5.97 Å². The van der Waals surface area contributed by atoms with E-state index < -0.39 is 0 Å². The smallest absolute Gasteiger partial charge is 0.309 e. The lowest BCUT2D eigenvalue weighted by Crippen LogP contribution is -2.44. The molecule has 1 aliphatic heterocycles. The molecule has 6 nitrogen and oxygen atoms in total. The van der Waals surface area contributed by atoms with Crippen LogP contribution in [0.5, 0.6) is 0 Å². The molecule has 114 valence electrons. The molecule has 1 aliphatic rings. The molecule has 0 spiro atoms. The summed E-state index contributed by atoms with van der Waals surface area (Å²) in [7, 11) is 1.35. The fourth-order valence-electron chi connectivity index (χ4n) is 2.12. The number of esters is 1. The van der Waals surface area contributed by atoms with Gasteiger partial charge in [-0.2, -0.15) is 11.8 Å². The Balaban J connectivity index is 2.32. The Kier molecular flexibility index (Phi) is 6.84. The molecule has 1 saturated heterocycles. The highest BCUT2D eigenvalue weighted by Crippen LogP contribution is 2.18. The van der Waals surface area contributed by atoms with Gasteiger partial charge in [-0.3, -0.25) is 14.4 Å². The second kappa shape index (κ2) is 8.14. The molecular formula is C13H22N2O4S. The number of carbonyl (C=O) groups is 3. The van der Waals surface area contributed by atoms with Gasteiger partial charge in [0.1, 0.15) is 0 Å². The number of hydrogen-bond acceptors (Lipinski definition) is 5. The molecule has 0 aromatic rings.